The smallest absolute Gasteiger partial charge is 0.163 e. The third-order valence-electron chi connectivity index (χ3n) is 2.56. The standard InChI is InChI=1S/C13H17N3O/c1-4-14-8-11-7-9(2)15-13(16-11)12-5-6-17-10(12)3/h5-7,14H,4,8H2,1-3H3. The van der Waals surface area contributed by atoms with E-state index in [1.807, 2.05) is 26.0 Å². The highest BCUT2D eigenvalue weighted by Crippen LogP contribution is 2.21. The molecule has 0 fully saturated rings. The van der Waals surface area contributed by atoms with Crippen LogP contribution < -0.4 is 5.32 Å². The van der Waals surface area contributed by atoms with Crippen molar-refractivity contribution in [3.8, 4) is 11.4 Å². The van der Waals surface area contributed by atoms with Crippen molar-refractivity contribution in [3.63, 3.8) is 0 Å². The summed E-state index contributed by atoms with van der Waals surface area (Å²) in [6.45, 7) is 7.68. The van der Waals surface area contributed by atoms with Crippen LogP contribution in [0.15, 0.2) is 22.8 Å². The monoisotopic (exact) mass is 231 g/mol. The van der Waals surface area contributed by atoms with E-state index in [4.69, 9.17) is 4.42 Å². The number of hydrogen-bond donors (Lipinski definition) is 1. The molecule has 2 rings (SSSR count). The summed E-state index contributed by atoms with van der Waals surface area (Å²) in [4.78, 5) is 8.99. The first kappa shape index (κ1) is 11.8. The van der Waals surface area contributed by atoms with Gasteiger partial charge in [0.05, 0.1) is 17.5 Å². The zero-order valence-electron chi connectivity index (χ0n) is 10.4. The molecule has 0 aliphatic rings. The second-order valence-electron chi connectivity index (χ2n) is 4.00. The van der Waals surface area contributed by atoms with Gasteiger partial charge in [0.1, 0.15) is 5.76 Å². The van der Waals surface area contributed by atoms with E-state index in [2.05, 4.69) is 22.2 Å². The van der Waals surface area contributed by atoms with Crippen LogP contribution in [0.25, 0.3) is 11.4 Å². The van der Waals surface area contributed by atoms with Gasteiger partial charge in [-0.2, -0.15) is 0 Å². The van der Waals surface area contributed by atoms with Gasteiger partial charge in [0.2, 0.25) is 0 Å². The molecule has 1 N–H and O–H groups in total. The largest absolute Gasteiger partial charge is 0.469 e. The molecule has 0 aromatic carbocycles. The van der Waals surface area contributed by atoms with Gasteiger partial charge in [-0.05, 0) is 32.5 Å². The van der Waals surface area contributed by atoms with Gasteiger partial charge in [0, 0.05) is 12.2 Å². The van der Waals surface area contributed by atoms with Gasteiger partial charge < -0.3 is 9.73 Å². The average molecular weight is 231 g/mol. The highest BCUT2D eigenvalue weighted by atomic mass is 16.3. The molecular formula is C13H17N3O. The third-order valence-corrected chi connectivity index (χ3v) is 2.56. The molecule has 0 aliphatic heterocycles. The van der Waals surface area contributed by atoms with Gasteiger partial charge >= 0.3 is 0 Å². The Kier molecular flexibility index (Phi) is 3.54. The van der Waals surface area contributed by atoms with Crippen molar-refractivity contribution < 1.29 is 4.42 Å². The lowest BCUT2D eigenvalue weighted by atomic mass is 10.2. The van der Waals surface area contributed by atoms with Gasteiger partial charge in [0.25, 0.3) is 0 Å². The quantitative estimate of drug-likeness (QED) is 0.878. The van der Waals surface area contributed by atoms with Crippen molar-refractivity contribution in [2.45, 2.75) is 27.3 Å². The Morgan fingerprint density at radius 2 is 2.12 bits per heavy atom. The van der Waals surface area contributed by atoms with E-state index in [0.29, 0.717) is 0 Å². The van der Waals surface area contributed by atoms with Crippen molar-refractivity contribution >= 4 is 0 Å². The maximum Gasteiger partial charge on any atom is 0.163 e. The Morgan fingerprint density at radius 3 is 2.76 bits per heavy atom. The van der Waals surface area contributed by atoms with Crippen molar-refractivity contribution in [2.24, 2.45) is 0 Å². The summed E-state index contributed by atoms with van der Waals surface area (Å²) in [6.07, 6.45) is 1.67. The maximum atomic E-state index is 5.28. The minimum atomic E-state index is 0.740. The summed E-state index contributed by atoms with van der Waals surface area (Å²) in [5.74, 6) is 1.59. The molecule has 90 valence electrons. The normalized spacial score (nSPS) is 10.8. The Labute approximate surface area is 101 Å². The number of furan rings is 1. The number of nitrogens with zero attached hydrogens (tertiary/aromatic N) is 2. The van der Waals surface area contributed by atoms with E-state index < -0.39 is 0 Å². The summed E-state index contributed by atoms with van der Waals surface area (Å²) in [5.41, 5.74) is 2.95. The molecule has 0 saturated carbocycles. The van der Waals surface area contributed by atoms with E-state index >= 15 is 0 Å². The first-order valence-corrected chi connectivity index (χ1v) is 5.80. The van der Waals surface area contributed by atoms with Gasteiger partial charge in [0.15, 0.2) is 5.82 Å². The topological polar surface area (TPSA) is 51.0 Å². The molecule has 0 atom stereocenters. The Morgan fingerprint density at radius 1 is 1.29 bits per heavy atom. The van der Waals surface area contributed by atoms with Crippen LogP contribution in [0.5, 0.6) is 0 Å². The van der Waals surface area contributed by atoms with E-state index in [-0.39, 0.29) is 0 Å². The van der Waals surface area contributed by atoms with Gasteiger partial charge in [-0.1, -0.05) is 6.92 Å². The Hall–Kier alpha value is -1.68. The fourth-order valence-corrected chi connectivity index (χ4v) is 1.71. The van der Waals surface area contributed by atoms with E-state index in [1.54, 1.807) is 6.26 Å². The second-order valence-corrected chi connectivity index (χ2v) is 4.00. The third kappa shape index (κ3) is 2.71. The summed E-state index contributed by atoms with van der Waals surface area (Å²) < 4.78 is 5.28. The molecule has 0 unspecified atom stereocenters. The number of rotatable bonds is 4. The van der Waals surface area contributed by atoms with Gasteiger partial charge in [-0.3, -0.25) is 0 Å². The molecule has 0 saturated heterocycles. The zero-order chi connectivity index (χ0) is 12.3. The zero-order valence-corrected chi connectivity index (χ0v) is 10.4. The lowest BCUT2D eigenvalue weighted by Gasteiger charge is -2.05. The number of aromatic nitrogens is 2. The van der Waals surface area contributed by atoms with E-state index in [1.165, 1.54) is 0 Å². The first-order valence-electron chi connectivity index (χ1n) is 5.80. The predicted molar refractivity (Wildman–Crippen MR) is 66.6 cm³/mol. The van der Waals surface area contributed by atoms with Gasteiger partial charge in [-0.15, -0.1) is 0 Å². The summed E-state index contributed by atoms with van der Waals surface area (Å²) in [7, 11) is 0. The molecule has 4 nitrogen and oxygen atoms in total. The average Bonchev–Trinajstić information content (AvgIpc) is 2.72. The number of nitrogens with one attached hydrogen (secondary N) is 1. The van der Waals surface area contributed by atoms with Crippen LogP contribution in [0.3, 0.4) is 0 Å². The Bertz CT molecular complexity index is 505. The highest BCUT2D eigenvalue weighted by molar-refractivity contribution is 5.57. The molecule has 0 radical (unpaired) electrons. The molecular weight excluding hydrogens is 214 g/mol. The van der Waals surface area contributed by atoms with Gasteiger partial charge in [-0.25, -0.2) is 9.97 Å². The van der Waals surface area contributed by atoms with Crippen LogP contribution in [0, 0.1) is 13.8 Å². The molecule has 0 amide bonds. The molecule has 17 heavy (non-hydrogen) atoms. The van der Waals surface area contributed by atoms with Crippen molar-refractivity contribution in [1.82, 2.24) is 15.3 Å². The van der Waals surface area contributed by atoms with Crippen LogP contribution in [0.1, 0.15) is 24.1 Å². The summed E-state index contributed by atoms with van der Waals surface area (Å²) in [6, 6.07) is 3.91. The molecule has 4 heteroatoms. The fourth-order valence-electron chi connectivity index (χ4n) is 1.71. The highest BCUT2D eigenvalue weighted by Gasteiger charge is 2.09. The minimum Gasteiger partial charge on any atom is -0.469 e. The van der Waals surface area contributed by atoms with Crippen LogP contribution >= 0.6 is 0 Å². The molecule has 0 spiro atoms. The van der Waals surface area contributed by atoms with Crippen LogP contribution in [-0.4, -0.2) is 16.5 Å². The maximum absolute atomic E-state index is 5.28. The van der Waals surface area contributed by atoms with Crippen LogP contribution in [-0.2, 0) is 6.54 Å². The van der Waals surface area contributed by atoms with Crippen molar-refractivity contribution in [3.05, 3.63) is 35.5 Å². The number of aryl methyl sites for hydroxylation is 2. The van der Waals surface area contributed by atoms with Crippen LogP contribution in [0.2, 0.25) is 0 Å². The minimum absolute atomic E-state index is 0.740. The predicted octanol–water partition coefficient (Wildman–Crippen LogP) is 2.46. The first-order chi connectivity index (χ1) is 8.20. The van der Waals surface area contributed by atoms with Crippen molar-refractivity contribution in [1.29, 1.82) is 0 Å². The lowest BCUT2D eigenvalue weighted by molar-refractivity contribution is 0.535. The van der Waals surface area contributed by atoms with Crippen molar-refractivity contribution in [2.75, 3.05) is 6.54 Å². The molecule has 2 aromatic heterocycles. The molecule has 2 aromatic rings. The Balaban J connectivity index is 2.35. The fraction of sp³-hybridized carbons (Fsp3) is 0.385. The molecule has 0 bridgehead atoms. The molecule has 2 heterocycles. The van der Waals surface area contributed by atoms with E-state index in [0.717, 1.165) is 41.6 Å². The molecule has 0 aliphatic carbocycles. The summed E-state index contributed by atoms with van der Waals surface area (Å²) in [5, 5.41) is 3.27. The summed E-state index contributed by atoms with van der Waals surface area (Å²) >= 11 is 0. The number of hydrogen-bond acceptors (Lipinski definition) is 4. The second kappa shape index (κ2) is 5.10. The van der Waals surface area contributed by atoms with E-state index in [9.17, 15) is 0 Å². The SMILES string of the molecule is CCNCc1cc(C)nc(-c2ccoc2C)n1. The van der Waals surface area contributed by atoms with Crippen LogP contribution in [0.4, 0.5) is 0 Å². The lowest BCUT2D eigenvalue weighted by Crippen LogP contribution is -2.13.